The maximum atomic E-state index is 12.9. The third-order valence-electron chi connectivity index (χ3n) is 7.29. The lowest BCUT2D eigenvalue weighted by Gasteiger charge is -2.38. The molecule has 1 fully saturated rings. The van der Waals surface area contributed by atoms with E-state index in [1.807, 2.05) is 72.5 Å². The SMILES string of the molecule is CCC1CCN(C(=O)Oc2ccccc2)CC1c1cccc(OCCc2nc(-c3ccccc3)oc2C)c1. The first-order chi connectivity index (χ1) is 18.6. The standard InChI is InChI=1S/C32H34N2O4/c1-3-24-17-19-34(32(35)38-27-14-8-5-9-15-27)22-29(24)26-13-10-16-28(21-26)36-20-18-30-23(2)37-31(33-30)25-11-6-4-7-12-25/h4-16,21,24,29H,3,17-20,22H2,1-2H3. The number of benzene rings is 3. The van der Waals surface area contributed by atoms with Crippen molar-refractivity contribution in [2.75, 3.05) is 19.7 Å². The summed E-state index contributed by atoms with van der Waals surface area (Å²) >= 11 is 0. The van der Waals surface area contributed by atoms with Gasteiger partial charge in [0.25, 0.3) is 0 Å². The number of carbonyl (C=O) groups excluding carboxylic acids is 1. The van der Waals surface area contributed by atoms with Crippen LogP contribution in [0.25, 0.3) is 11.5 Å². The molecule has 1 saturated heterocycles. The van der Waals surface area contributed by atoms with Crippen molar-refractivity contribution in [3.63, 3.8) is 0 Å². The van der Waals surface area contributed by atoms with Gasteiger partial charge in [-0.05, 0) is 61.2 Å². The molecule has 0 N–H and O–H groups in total. The summed E-state index contributed by atoms with van der Waals surface area (Å²) in [6.45, 7) is 6.01. The van der Waals surface area contributed by atoms with Gasteiger partial charge in [0.15, 0.2) is 0 Å². The number of likely N-dealkylation sites (tertiary alicyclic amines) is 1. The Morgan fingerprint density at radius 2 is 1.74 bits per heavy atom. The minimum atomic E-state index is -0.291. The van der Waals surface area contributed by atoms with Crippen LogP contribution in [-0.4, -0.2) is 35.7 Å². The van der Waals surface area contributed by atoms with Gasteiger partial charge in [0, 0.05) is 31.0 Å². The number of aryl methyl sites for hydroxylation is 1. The second-order valence-electron chi connectivity index (χ2n) is 9.75. The average Bonchev–Trinajstić information content (AvgIpc) is 3.34. The summed E-state index contributed by atoms with van der Waals surface area (Å²) in [6, 6.07) is 27.4. The quantitative estimate of drug-likeness (QED) is 0.249. The molecule has 0 radical (unpaired) electrons. The summed E-state index contributed by atoms with van der Waals surface area (Å²) in [5.41, 5.74) is 3.07. The lowest BCUT2D eigenvalue weighted by molar-refractivity contribution is 0.120. The van der Waals surface area contributed by atoms with Crippen LogP contribution in [0.5, 0.6) is 11.5 Å². The smallest absolute Gasteiger partial charge is 0.415 e. The number of hydrogen-bond donors (Lipinski definition) is 0. The number of carbonyl (C=O) groups is 1. The summed E-state index contributed by atoms with van der Waals surface area (Å²) in [5, 5.41) is 0. The largest absolute Gasteiger partial charge is 0.493 e. The highest BCUT2D eigenvalue weighted by Crippen LogP contribution is 2.36. The molecule has 2 heterocycles. The Morgan fingerprint density at radius 1 is 1.00 bits per heavy atom. The van der Waals surface area contributed by atoms with Gasteiger partial charge in [-0.1, -0.05) is 61.9 Å². The molecule has 1 aliphatic heterocycles. The normalized spacial score (nSPS) is 17.3. The van der Waals surface area contributed by atoms with E-state index in [9.17, 15) is 4.79 Å². The molecular weight excluding hydrogens is 476 g/mol. The lowest BCUT2D eigenvalue weighted by Crippen LogP contribution is -2.44. The zero-order valence-electron chi connectivity index (χ0n) is 22.0. The molecule has 3 aromatic carbocycles. The monoisotopic (exact) mass is 510 g/mol. The Morgan fingerprint density at radius 3 is 2.50 bits per heavy atom. The molecular formula is C32H34N2O4. The predicted octanol–water partition coefficient (Wildman–Crippen LogP) is 7.29. The van der Waals surface area contributed by atoms with Crippen molar-refractivity contribution in [2.45, 2.75) is 39.0 Å². The van der Waals surface area contributed by atoms with Crippen molar-refractivity contribution in [2.24, 2.45) is 5.92 Å². The first-order valence-corrected chi connectivity index (χ1v) is 13.4. The molecule has 0 bridgehead atoms. The highest BCUT2D eigenvalue weighted by Gasteiger charge is 2.32. The number of para-hydroxylation sites is 1. The first kappa shape index (κ1) is 25.6. The van der Waals surface area contributed by atoms with E-state index in [1.54, 1.807) is 12.1 Å². The minimum absolute atomic E-state index is 0.229. The van der Waals surface area contributed by atoms with Gasteiger partial charge in [-0.2, -0.15) is 0 Å². The average molecular weight is 511 g/mol. The number of nitrogens with zero attached hydrogens (tertiary/aromatic N) is 2. The van der Waals surface area contributed by atoms with E-state index in [2.05, 4.69) is 24.0 Å². The van der Waals surface area contributed by atoms with Crippen molar-refractivity contribution < 1.29 is 18.7 Å². The molecule has 6 heteroatoms. The van der Waals surface area contributed by atoms with Crippen molar-refractivity contribution in [3.8, 4) is 23.0 Å². The third kappa shape index (κ3) is 6.08. The van der Waals surface area contributed by atoms with Gasteiger partial charge < -0.3 is 18.8 Å². The van der Waals surface area contributed by atoms with E-state index in [0.29, 0.717) is 43.7 Å². The summed E-state index contributed by atoms with van der Waals surface area (Å²) in [7, 11) is 0. The fourth-order valence-electron chi connectivity index (χ4n) is 5.15. The Kier molecular flexibility index (Phi) is 8.07. The number of aromatic nitrogens is 1. The molecule has 38 heavy (non-hydrogen) atoms. The number of rotatable bonds is 8. The summed E-state index contributed by atoms with van der Waals surface area (Å²) in [4.78, 5) is 19.4. The predicted molar refractivity (Wildman–Crippen MR) is 147 cm³/mol. The topological polar surface area (TPSA) is 64.8 Å². The van der Waals surface area contributed by atoms with E-state index >= 15 is 0 Å². The van der Waals surface area contributed by atoms with E-state index in [-0.39, 0.29) is 12.0 Å². The fourth-order valence-corrected chi connectivity index (χ4v) is 5.15. The van der Waals surface area contributed by atoms with Crippen LogP contribution >= 0.6 is 0 Å². The Hall–Kier alpha value is -4.06. The van der Waals surface area contributed by atoms with E-state index in [4.69, 9.17) is 13.9 Å². The number of piperidine rings is 1. The van der Waals surface area contributed by atoms with Crippen LogP contribution in [0.15, 0.2) is 89.3 Å². The number of hydrogen-bond acceptors (Lipinski definition) is 5. The molecule has 4 aromatic rings. The van der Waals surface area contributed by atoms with Gasteiger partial charge in [0.05, 0.1) is 12.3 Å². The van der Waals surface area contributed by atoms with Crippen molar-refractivity contribution >= 4 is 6.09 Å². The van der Waals surface area contributed by atoms with Crippen LogP contribution in [0.2, 0.25) is 0 Å². The van der Waals surface area contributed by atoms with Crippen molar-refractivity contribution in [1.82, 2.24) is 9.88 Å². The Labute approximate surface area is 224 Å². The molecule has 1 amide bonds. The Balaban J connectivity index is 1.22. The molecule has 1 aliphatic rings. The molecule has 0 spiro atoms. The Bertz CT molecular complexity index is 1340. The van der Waals surface area contributed by atoms with E-state index in [1.165, 1.54) is 5.56 Å². The van der Waals surface area contributed by atoms with E-state index in [0.717, 1.165) is 35.6 Å². The van der Waals surface area contributed by atoms with Gasteiger partial charge in [0.1, 0.15) is 17.3 Å². The maximum Gasteiger partial charge on any atom is 0.415 e. The molecule has 5 rings (SSSR count). The number of oxazole rings is 1. The summed E-state index contributed by atoms with van der Waals surface area (Å²) < 4.78 is 17.6. The zero-order valence-corrected chi connectivity index (χ0v) is 22.0. The van der Waals surface area contributed by atoms with Gasteiger partial charge in [-0.25, -0.2) is 9.78 Å². The van der Waals surface area contributed by atoms with Crippen LogP contribution in [-0.2, 0) is 6.42 Å². The van der Waals surface area contributed by atoms with Crippen LogP contribution < -0.4 is 9.47 Å². The maximum absolute atomic E-state index is 12.9. The first-order valence-electron chi connectivity index (χ1n) is 13.4. The van der Waals surface area contributed by atoms with Gasteiger partial charge in [0.2, 0.25) is 5.89 Å². The van der Waals surface area contributed by atoms with Crippen molar-refractivity contribution in [1.29, 1.82) is 0 Å². The van der Waals surface area contributed by atoms with Crippen LogP contribution in [0, 0.1) is 12.8 Å². The highest BCUT2D eigenvalue weighted by molar-refractivity contribution is 5.71. The molecule has 1 aromatic heterocycles. The fraction of sp³-hybridized carbons (Fsp3) is 0.312. The lowest BCUT2D eigenvalue weighted by atomic mass is 9.79. The molecule has 0 saturated carbocycles. The minimum Gasteiger partial charge on any atom is -0.493 e. The number of ether oxygens (including phenoxy) is 2. The van der Waals surface area contributed by atoms with Gasteiger partial charge >= 0.3 is 6.09 Å². The molecule has 0 aliphatic carbocycles. The summed E-state index contributed by atoms with van der Waals surface area (Å²) in [5.74, 6) is 3.58. The van der Waals surface area contributed by atoms with Gasteiger partial charge in [-0.15, -0.1) is 0 Å². The van der Waals surface area contributed by atoms with Crippen LogP contribution in [0.1, 0.15) is 42.7 Å². The molecule has 6 nitrogen and oxygen atoms in total. The highest BCUT2D eigenvalue weighted by atomic mass is 16.6. The third-order valence-corrected chi connectivity index (χ3v) is 7.29. The molecule has 2 atom stereocenters. The van der Waals surface area contributed by atoms with E-state index < -0.39 is 0 Å². The second-order valence-corrected chi connectivity index (χ2v) is 9.75. The van der Waals surface area contributed by atoms with Gasteiger partial charge in [-0.3, -0.25) is 0 Å². The van der Waals surface area contributed by atoms with Crippen LogP contribution in [0.3, 0.4) is 0 Å². The van der Waals surface area contributed by atoms with Crippen molar-refractivity contribution in [3.05, 3.63) is 102 Å². The zero-order chi connectivity index (χ0) is 26.3. The van der Waals surface area contributed by atoms with Crippen LogP contribution in [0.4, 0.5) is 4.79 Å². The second kappa shape index (κ2) is 12.0. The number of amides is 1. The molecule has 2 unspecified atom stereocenters. The summed E-state index contributed by atoms with van der Waals surface area (Å²) in [6.07, 6.45) is 2.38. The molecule has 196 valence electrons.